The molecule has 1 aliphatic rings. The van der Waals surface area contributed by atoms with Crippen LogP contribution in [0.4, 0.5) is 0 Å². The van der Waals surface area contributed by atoms with Crippen LogP contribution >= 0.6 is 0 Å². The first-order valence-corrected chi connectivity index (χ1v) is 6.01. The van der Waals surface area contributed by atoms with Gasteiger partial charge >= 0.3 is 0 Å². The van der Waals surface area contributed by atoms with Gasteiger partial charge in [-0.3, -0.25) is 0 Å². The van der Waals surface area contributed by atoms with Gasteiger partial charge in [-0.1, -0.05) is 26.7 Å². The van der Waals surface area contributed by atoms with E-state index in [9.17, 15) is 0 Å². The second-order valence-electron chi connectivity index (χ2n) is 5.03. The minimum Gasteiger partial charge on any atom is -0.396 e. The van der Waals surface area contributed by atoms with E-state index in [2.05, 4.69) is 13.8 Å². The Bertz CT molecular complexity index is 162. The molecule has 1 fully saturated rings. The summed E-state index contributed by atoms with van der Waals surface area (Å²) in [4.78, 5) is 0. The highest BCUT2D eigenvalue weighted by Gasteiger charge is 2.37. The molecule has 0 aromatic heterocycles. The van der Waals surface area contributed by atoms with Crippen LogP contribution in [0.5, 0.6) is 0 Å². The molecule has 0 spiro atoms. The first kappa shape index (κ1) is 12.0. The molecule has 0 radical (unpaired) electrons. The van der Waals surface area contributed by atoms with Crippen molar-refractivity contribution in [1.82, 2.24) is 0 Å². The maximum atomic E-state index is 9.14. The van der Waals surface area contributed by atoms with Gasteiger partial charge in [-0.15, -0.1) is 0 Å². The number of aliphatic hydroxyl groups excluding tert-OH is 1. The summed E-state index contributed by atoms with van der Waals surface area (Å²) < 4.78 is 0. The maximum Gasteiger partial charge on any atom is 0.0436 e. The van der Waals surface area contributed by atoms with E-state index in [-0.39, 0.29) is 11.5 Å². The van der Waals surface area contributed by atoms with Crippen LogP contribution in [0.2, 0.25) is 0 Å². The van der Waals surface area contributed by atoms with Gasteiger partial charge in [0.15, 0.2) is 0 Å². The van der Waals surface area contributed by atoms with Gasteiger partial charge in [0.1, 0.15) is 0 Å². The largest absolute Gasteiger partial charge is 0.396 e. The molecule has 1 atom stereocenters. The molecule has 0 aromatic carbocycles. The molecule has 3 N–H and O–H groups in total. The molecule has 1 saturated carbocycles. The second kappa shape index (κ2) is 5.13. The van der Waals surface area contributed by atoms with Gasteiger partial charge in [0.05, 0.1) is 0 Å². The Kier molecular flexibility index (Phi) is 4.39. The van der Waals surface area contributed by atoms with E-state index < -0.39 is 0 Å². The first-order chi connectivity index (χ1) is 6.64. The molecule has 0 heterocycles. The molecule has 1 unspecified atom stereocenters. The Balaban J connectivity index is 2.62. The van der Waals surface area contributed by atoms with Gasteiger partial charge in [-0.25, -0.2) is 0 Å². The lowest BCUT2D eigenvalue weighted by Gasteiger charge is -2.43. The van der Waals surface area contributed by atoms with E-state index >= 15 is 0 Å². The standard InChI is InChI=1S/C12H25NO/c1-3-11(13)12(8-9-14)6-4-10(2)5-7-12/h10-11,14H,3-9,13H2,1-2H3. The normalized spacial score (nSPS) is 35.6. The van der Waals surface area contributed by atoms with Gasteiger partial charge in [0, 0.05) is 12.6 Å². The van der Waals surface area contributed by atoms with Crippen molar-refractivity contribution in [3.63, 3.8) is 0 Å². The van der Waals surface area contributed by atoms with E-state index in [4.69, 9.17) is 10.8 Å². The molecule has 0 aliphatic heterocycles. The smallest absolute Gasteiger partial charge is 0.0436 e. The molecule has 0 aromatic rings. The first-order valence-electron chi connectivity index (χ1n) is 6.01. The van der Waals surface area contributed by atoms with Gasteiger partial charge in [0.2, 0.25) is 0 Å². The van der Waals surface area contributed by atoms with E-state index in [1.807, 2.05) is 0 Å². The van der Waals surface area contributed by atoms with Crippen LogP contribution in [0.1, 0.15) is 52.4 Å². The van der Waals surface area contributed by atoms with Crippen LogP contribution in [-0.4, -0.2) is 17.8 Å². The molecule has 14 heavy (non-hydrogen) atoms. The summed E-state index contributed by atoms with van der Waals surface area (Å²) in [6.07, 6.45) is 6.93. The summed E-state index contributed by atoms with van der Waals surface area (Å²) in [7, 11) is 0. The average molecular weight is 199 g/mol. The van der Waals surface area contributed by atoms with Gasteiger partial charge < -0.3 is 10.8 Å². The van der Waals surface area contributed by atoms with E-state index in [1.54, 1.807) is 0 Å². The molecular formula is C12H25NO. The van der Waals surface area contributed by atoms with Crippen molar-refractivity contribution < 1.29 is 5.11 Å². The van der Waals surface area contributed by atoms with Crippen LogP contribution in [0.3, 0.4) is 0 Å². The van der Waals surface area contributed by atoms with Crippen molar-refractivity contribution in [2.24, 2.45) is 17.1 Å². The van der Waals surface area contributed by atoms with Gasteiger partial charge in [0.25, 0.3) is 0 Å². The van der Waals surface area contributed by atoms with Crippen LogP contribution in [0, 0.1) is 11.3 Å². The van der Waals surface area contributed by atoms with Crippen molar-refractivity contribution in [3.05, 3.63) is 0 Å². The quantitative estimate of drug-likeness (QED) is 0.730. The Morgan fingerprint density at radius 3 is 2.43 bits per heavy atom. The van der Waals surface area contributed by atoms with Crippen LogP contribution in [-0.2, 0) is 0 Å². The molecule has 2 heteroatoms. The summed E-state index contributed by atoms with van der Waals surface area (Å²) in [5.41, 5.74) is 6.45. The topological polar surface area (TPSA) is 46.2 Å². The molecule has 2 nitrogen and oxygen atoms in total. The summed E-state index contributed by atoms with van der Waals surface area (Å²) in [6.45, 7) is 4.77. The third kappa shape index (κ3) is 2.48. The molecule has 0 saturated heterocycles. The number of rotatable bonds is 4. The minimum atomic E-state index is 0.246. The zero-order valence-electron chi connectivity index (χ0n) is 9.63. The Hall–Kier alpha value is -0.0800. The molecule has 84 valence electrons. The number of aliphatic hydroxyl groups is 1. The molecule has 0 bridgehead atoms. The van der Waals surface area contributed by atoms with Crippen molar-refractivity contribution in [2.75, 3.05) is 6.61 Å². The van der Waals surface area contributed by atoms with Crippen molar-refractivity contribution in [2.45, 2.75) is 58.4 Å². The van der Waals surface area contributed by atoms with Gasteiger partial charge in [-0.2, -0.15) is 0 Å². The highest BCUT2D eigenvalue weighted by molar-refractivity contribution is 4.92. The molecular weight excluding hydrogens is 174 g/mol. The lowest BCUT2D eigenvalue weighted by atomic mass is 9.64. The van der Waals surface area contributed by atoms with Crippen LogP contribution in [0.15, 0.2) is 0 Å². The Morgan fingerprint density at radius 1 is 1.43 bits per heavy atom. The van der Waals surface area contributed by atoms with E-state index in [0.29, 0.717) is 6.61 Å². The Morgan fingerprint density at radius 2 is 2.00 bits per heavy atom. The zero-order valence-corrected chi connectivity index (χ0v) is 9.63. The summed E-state index contributed by atoms with van der Waals surface area (Å²) in [5.74, 6) is 0.853. The van der Waals surface area contributed by atoms with E-state index in [1.165, 1.54) is 25.7 Å². The van der Waals surface area contributed by atoms with Crippen molar-refractivity contribution in [1.29, 1.82) is 0 Å². The van der Waals surface area contributed by atoms with Crippen LogP contribution < -0.4 is 5.73 Å². The fraction of sp³-hybridized carbons (Fsp3) is 1.00. The van der Waals surface area contributed by atoms with Gasteiger partial charge in [-0.05, 0) is 37.0 Å². The lowest BCUT2D eigenvalue weighted by molar-refractivity contribution is 0.0790. The fourth-order valence-electron chi connectivity index (χ4n) is 2.80. The average Bonchev–Trinajstić information content (AvgIpc) is 2.21. The number of nitrogens with two attached hydrogens (primary N) is 1. The highest BCUT2D eigenvalue weighted by Crippen LogP contribution is 2.44. The maximum absolute atomic E-state index is 9.14. The minimum absolute atomic E-state index is 0.246. The Labute approximate surface area is 87.9 Å². The van der Waals surface area contributed by atoms with Crippen molar-refractivity contribution in [3.8, 4) is 0 Å². The van der Waals surface area contributed by atoms with Crippen molar-refractivity contribution >= 4 is 0 Å². The molecule has 0 amide bonds. The SMILES string of the molecule is CCC(N)C1(CCO)CCC(C)CC1. The molecule has 1 rings (SSSR count). The lowest BCUT2D eigenvalue weighted by Crippen LogP contribution is -2.44. The second-order valence-corrected chi connectivity index (χ2v) is 5.03. The predicted octanol–water partition coefficient (Wildman–Crippen LogP) is 2.30. The summed E-state index contributed by atoms with van der Waals surface area (Å²) >= 11 is 0. The summed E-state index contributed by atoms with van der Waals surface area (Å²) in [6, 6.07) is 0.280. The third-order valence-corrected chi connectivity index (χ3v) is 4.11. The number of hydrogen-bond acceptors (Lipinski definition) is 2. The van der Waals surface area contributed by atoms with Crippen LogP contribution in [0.25, 0.3) is 0 Å². The predicted molar refractivity (Wildman–Crippen MR) is 60.0 cm³/mol. The summed E-state index contributed by atoms with van der Waals surface area (Å²) in [5, 5.41) is 9.14. The zero-order chi connectivity index (χ0) is 10.6. The fourth-order valence-corrected chi connectivity index (χ4v) is 2.80. The number of hydrogen-bond donors (Lipinski definition) is 2. The highest BCUT2D eigenvalue weighted by atomic mass is 16.3. The third-order valence-electron chi connectivity index (χ3n) is 4.11. The van der Waals surface area contributed by atoms with E-state index in [0.717, 1.165) is 18.8 Å². The molecule has 1 aliphatic carbocycles. The monoisotopic (exact) mass is 199 g/mol.